The third kappa shape index (κ3) is 4.19. The molecule has 2 amide bonds. The molecule has 1 aliphatic heterocycles. The predicted molar refractivity (Wildman–Crippen MR) is 102 cm³/mol. The summed E-state index contributed by atoms with van der Waals surface area (Å²) in [5, 5.41) is 2.54. The third-order valence-electron chi connectivity index (χ3n) is 4.72. The molecule has 0 aliphatic carbocycles. The normalized spacial score (nSPS) is 16.7. The van der Waals surface area contributed by atoms with Crippen molar-refractivity contribution < 1.29 is 14.0 Å². The first-order valence-electron chi connectivity index (χ1n) is 9.33. The van der Waals surface area contributed by atoms with Gasteiger partial charge in [-0.25, -0.2) is 4.98 Å². The molecule has 2 aromatic rings. The number of likely N-dealkylation sites (tertiary alicyclic amines) is 1. The molecule has 2 heterocycles. The highest BCUT2D eigenvalue weighted by atomic mass is 16.4. The van der Waals surface area contributed by atoms with Crippen LogP contribution in [0.3, 0.4) is 0 Å². The van der Waals surface area contributed by atoms with Gasteiger partial charge in [0.05, 0.1) is 13.1 Å². The molecule has 7 nitrogen and oxygen atoms in total. The highest BCUT2D eigenvalue weighted by molar-refractivity contribution is 5.85. The van der Waals surface area contributed by atoms with Crippen molar-refractivity contribution >= 4 is 11.8 Å². The first-order chi connectivity index (χ1) is 13.0. The lowest BCUT2D eigenvalue weighted by atomic mass is 10.0. The van der Waals surface area contributed by atoms with Gasteiger partial charge in [0, 0.05) is 18.0 Å². The van der Waals surface area contributed by atoms with Crippen LogP contribution in [-0.4, -0.2) is 41.3 Å². The molecule has 0 saturated carbocycles. The Hall–Kier alpha value is -2.67. The average Bonchev–Trinajstić information content (AvgIpc) is 3.33. The van der Waals surface area contributed by atoms with Crippen molar-refractivity contribution in [2.45, 2.75) is 38.6 Å². The van der Waals surface area contributed by atoms with Crippen LogP contribution >= 0.6 is 0 Å². The van der Waals surface area contributed by atoms with E-state index in [2.05, 4.69) is 19.2 Å². The maximum atomic E-state index is 12.5. The van der Waals surface area contributed by atoms with Crippen LogP contribution in [0.5, 0.6) is 0 Å². The lowest BCUT2D eigenvalue weighted by molar-refractivity contribution is -0.133. The smallest absolute Gasteiger partial charge is 0.242 e. The standard InChI is InChI=1S/C20H26N4O3/c1-13(2)19-18(14-7-4-3-5-8-14)23-20(27-19)15-9-6-10-24(15)17(26)12-22-16(25)11-21/h3-5,7-8,13,15H,6,9-12,21H2,1-2H3,(H,22,25). The van der Waals surface area contributed by atoms with Crippen LogP contribution in [0.25, 0.3) is 11.3 Å². The topological polar surface area (TPSA) is 101 Å². The second-order valence-corrected chi connectivity index (χ2v) is 7.01. The number of amides is 2. The zero-order valence-corrected chi connectivity index (χ0v) is 15.8. The molecular formula is C20H26N4O3. The van der Waals surface area contributed by atoms with Crippen molar-refractivity contribution in [3.05, 3.63) is 42.0 Å². The molecule has 0 spiro atoms. The van der Waals surface area contributed by atoms with Crippen molar-refractivity contribution in [3.63, 3.8) is 0 Å². The molecule has 3 rings (SSSR count). The van der Waals surface area contributed by atoms with E-state index in [4.69, 9.17) is 15.1 Å². The van der Waals surface area contributed by atoms with Crippen molar-refractivity contribution in [2.24, 2.45) is 5.73 Å². The van der Waals surface area contributed by atoms with Gasteiger partial charge in [-0.2, -0.15) is 0 Å². The Labute approximate surface area is 158 Å². The summed E-state index contributed by atoms with van der Waals surface area (Å²) in [5.74, 6) is 1.07. The Kier molecular flexibility index (Phi) is 5.91. The molecule has 3 N–H and O–H groups in total. The minimum atomic E-state index is -0.344. The van der Waals surface area contributed by atoms with Crippen molar-refractivity contribution in [2.75, 3.05) is 19.6 Å². The fourth-order valence-electron chi connectivity index (χ4n) is 3.36. The molecule has 0 radical (unpaired) electrons. The number of nitrogens with two attached hydrogens (primary N) is 1. The van der Waals surface area contributed by atoms with Gasteiger partial charge in [0.1, 0.15) is 17.5 Å². The van der Waals surface area contributed by atoms with Gasteiger partial charge in [0.25, 0.3) is 0 Å². The van der Waals surface area contributed by atoms with Crippen molar-refractivity contribution in [1.29, 1.82) is 0 Å². The lowest BCUT2D eigenvalue weighted by Gasteiger charge is -2.22. The van der Waals surface area contributed by atoms with E-state index in [1.807, 2.05) is 30.3 Å². The lowest BCUT2D eigenvalue weighted by Crippen LogP contribution is -2.41. The van der Waals surface area contributed by atoms with Gasteiger partial charge < -0.3 is 20.4 Å². The molecule has 7 heteroatoms. The number of nitrogens with zero attached hydrogens (tertiary/aromatic N) is 2. The second kappa shape index (κ2) is 8.35. The monoisotopic (exact) mass is 370 g/mol. The number of rotatable bonds is 6. The molecule has 1 unspecified atom stereocenters. The van der Waals surface area contributed by atoms with E-state index in [9.17, 15) is 9.59 Å². The summed E-state index contributed by atoms with van der Waals surface area (Å²) in [5.41, 5.74) is 7.10. The highest BCUT2D eigenvalue weighted by Gasteiger charge is 2.34. The molecule has 1 aromatic carbocycles. The van der Waals surface area contributed by atoms with Crippen molar-refractivity contribution in [3.8, 4) is 11.3 Å². The maximum absolute atomic E-state index is 12.5. The van der Waals surface area contributed by atoms with Crippen molar-refractivity contribution in [1.82, 2.24) is 15.2 Å². The molecule has 1 fully saturated rings. The van der Waals surface area contributed by atoms with Gasteiger partial charge in [0.15, 0.2) is 0 Å². The Morgan fingerprint density at radius 1 is 1.33 bits per heavy atom. The molecule has 27 heavy (non-hydrogen) atoms. The fraction of sp³-hybridized carbons (Fsp3) is 0.450. The number of nitrogens with one attached hydrogen (secondary N) is 1. The van der Waals surface area contributed by atoms with E-state index in [1.54, 1.807) is 4.90 Å². The summed E-state index contributed by atoms with van der Waals surface area (Å²) >= 11 is 0. The van der Waals surface area contributed by atoms with E-state index < -0.39 is 0 Å². The Morgan fingerprint density at radius 3 is 2.74 bits per heavy atom. The van der Waals surface area contributed by atoms with Gasteiger partial charge in [-0.3, -0.25) is 9.59 Å². The minimum absolute atomic E-state index is 0.0597. The van der Waals surface area contributed by atoms with E-state index in [0.717, 1.165) is 29.9 Å². The molecule has 144 valence electrons. The zero-order chi connectivity index (χ0) is 19.4. The summed E-state index contributed by atoms with van der Waals surface area (Å²) in [6.07, 6.45) is 1.67. The Bertz CT molecular complexity index is 801. The summed E-state index contributed by atoms with van der Waals surface area (Å²) in [6.45, 7) is 4.57. The second-order valence-electron chi connectivity index (χ2n) is 7.01. The van der Waals surface area contributed by atoms with Gasteiger partial charge in [-0.05, 0) is 12.8 Å². The van der Waals surface area contributed by atoms with Crippen LogP contribution in [0.1, 0.15) is 50.3 Å². The van der Waals surface area contributed by atoms with Gasteiger partial charge in [0.2, 0.25) is 17.7 Å². The number of hydrogen-bond donors (Lipinski definition) is 2. The maximum Gasteiger partial charge on any atom is 0.242 e. The van der Waals surface area contributed by atoms with Crippen LogP contribution in [-0.2, 0) is 9.59 Å². The molecule has 0 bridgehead atoms. The number of aromatic nitrogens is 1. The first-order valence-corrected chi connectivity index (χ1v) is 9.33. The Balaban J connectivity index is 1.84. The zero-order valence-electron chi connectivity index (χ0n) is 15.8. The average molecular weight is 370 g/mol. The number of oxazole rings is 1. The number of carbonyl (C=O) groups is 2. The van der Waals surface area contributed by atoms with E-state index in [1.165, 1.54) is 0 Å². The summed E-state index contributed by atoms with van der Waals surface area (Å²) in [7, 11) is 0. The van der Waals surface area contributed by atoms with Crippen LogP contribution in [0.15, 0.2) is 34.7 Å². The van der Waals surface area contributed by atoms with Gasteiger partial charge in [-0.1, -0.05) is 44.2 Å². The molecule has 1 saturated heterocycles. The number of hydrogen-bond acceptors (Lipinski definition) is 5. The predicted octanol–water partition coefficient (Wildman–Crippen LogP) is 2.20. The summed E-state index contributed by atoms with van der Waals surface area (Å²) in [6, 6.07) is 9.72. The quantitative estimate of drug-likeness (QED) is 0.812. The van der Waals surface area contributed by atoms with Crippen LogP contribution < -0.4 is 11.1 Å². The molecule has 1 aliphatic rings. The Morgan fingerprint density at radius 2 is 2.07 bits per heavy atom. The highest BCUT2D eigenvalue weighted by Crippen LogP contribution is 2.37. The fourth-order valence-corrected chi connectivity index (χ4v) is 3.36. The number of benzene rings is 1. The summed E-state index contributed by atoms with van der Waals surface area (Å²) in [4.78, 5) is 30.4. The SMILES string of the molecule is CC(C)c1oc(C2CCCN2C(=O)CNC(=O)CN)nc1-c1ccccc1. The number of carbonyl (C=O) groups excluding carboxylic acids is 2. The third-order valence-corrected chi connectivity index (χ3v) is 4.72. The van der Waals surface area contributed by atoms with Gasteiger partial charge in [-0.15, -0.1) is 0 Å². The van der Waals surface area contributed by atoms with E-state index in [0.29, 0.717) is 12.4 Å². The minimum Gasteiger partial charge on any atom is -0.442 e. The van der Waals surface area contributed by atoms with Crippen LogP contribution in [0, 0.1) is 0 Å². The summed E-state index contributed by atoms with van der Waals surface area (Å²) < 4.78 is 6.13. The molecule has 1 aromatic heterocycles. The molecule has 1 atom stereocenters. The largest absolute Gasteiger partial charge is 0.442 e. The molecular weight excluding hydrogens is 344 g/mol. The van der Waals surface area contributed by atoms with Crippen LogP contribution in [0.4, 0.5) is 0 Å². The van der Waals surface area contributed by atoms with E-state index in [-0.39, 0.29) is 36.9 Å². The first kappa shape index (κ1) is 19.1. The van der Waals surface area contributed by atoms with Gasteiger partial charge >= 0.3 is 0 Å². The van der Waals surface area contributed by atoms with Crippen LogP contribution in [0.2, 0.25) is 0 Å². The van der Waals surface area contributed by atoms with E-state index >= 15 is 0 Å².